The highest BCUT2D eigenvalue weighted by Gasteiger charge is 2.16. The number of nitrogens with one attached hydrogen (secondary N) is 2. The number of methoxy groups -OCH3 is 2. The number of carbonyl (C=O) groups is 1. The molecule has 2 N–H and O–H groups in total. The van der Waals surface area contributed by atoms with Crippen molar-refractivity contribution in [2.45, 2.75) is 38.9 Å². The smallest absolute Gasteiger partial charge is 0.278 e. The van der Waals surface area contributed by atoms with Crippen LogP contribution in [0.4, 0.5) is 5.69 Å². The highest BCUT2D eigenvalue weighted by Crippen LogP contribution is 2.30. The predicted octanol–water partition coefficient (Wildman–Crippen LogP) is 3.83. The maximum Gasteiger partial charge on any atom is 0.278 e. The van der Waals surface area contributed by atoms with Crippen molar-refractivity contribution in [3.63, 3.8) is 0 Å². The first-order valence-electron chi connectivity index (χ1n) is 10.1. The molecule has 0 radical (unpaired) electrons. The van der Waals surface area contributed by atoms with Crippen molar-refractivity contribution < 1.29 is 14.3 Å². The van der Waals surface area contributed by atoms with Gasteiger partial charge in [-0.05, 0) is 37.5 Å². The highest BCUT2D eigenvalue weighted by atomic mass is 32.2. The molecule has 3 aromatic rings. The molecule has 0 spiro atoms. The van der Waals surface area contributed by atoms with Crippen molar-refractivity contribution in [1.29, 1.82) is 0 Å². The van der Waals surface area contributed by atoms with Crippen LogP contribution < -0.4 is 20.3 Å². The third kappa shape index (κ3) is 5.41. The summed E-state index contributed by atoms with van der Waals surface area (Å²) in [4.78, 5) is 33.3. The maximum absolute atomic E-state index is 13.0. The molecule has 166 valence electrons. The van der Waals surface area contributed by atoms with Crippen LogP contribution in [-0.2, 0) is 11.3 Å². The summed E-state index contributed by atoms with van der Waals surface area (Å²) in [7, 11) is 3.10. The molecule has 0 saturated carbocycles. The van der Waals surface area contributed by atoms with Gasteiger partial charge in [0.2, 0.25) is 5.91 Å². The molecule has 2 aromatic heterocycles. The summed E-state index contributed by atoms with van der Waals surface area (Å²) in [6.07, 6.45) is 0.845. The van der Waals surface area contributed by atoms with E-state index in [1.165, 1.54) is 11.8 Å². The number of nitrogens with zero attached hydrogens (tertiary/aromatic N) is 2. The van der Waals surface area contributed by atoms with E-state index in [0.29, 0.717) is 45.8 Å². The number of aromatic nitrogens is 3. The first-order valence-corrected chi connectivity index (χ1v) is 11.1. The molecule has 9 heteroatoms. The average Bonchev–Trinajstić information content (AvgIpc) is 3.12. The Hall–Kier alpha value is -2.94. The van der Waals surface area contributed by atoms with Crippen LogP contribution in [0.15, 0.2) is 34.2 Å². The summed E-state index contributed by atoms with van der Waals surface area (Å²) in [5, 5.41) is 3.39. The minimum Gasteiger partial charge on any atom is -0.493 e. The average molecular weight is 445 g/mol. The van der Waals surface area contributed by atoms with E-state index in [2.05, 4.69) is 29.1 Å². The van der Waals surface area contributed by atoms with Crippen LogP contribution in [0.5, 0.6) is 11.5 Å². The van der Waals surface area contributed by atoms with E-state index >= 15 is 0 Å². The molecule has 31 heavy (non-hydrogen) atoms. The SMILES string of the molecule is COc1ccc(NC(=O)CSc2nc3cc(C)[nH]c3c(=O)n2CCC(C)C)cc1OC. The summed E-state index contributed by atoms with van der Waals surface area (Å²) in [6, 6.07) is 7.02. The Balaban J connectivity index is 1.78. The monoisotopic (exact) mass is 444 g/mol. The van der Waals surface area contributed by atoms with Crippen LogP contribution in [0, 0.1) is 12.8 Å². The van der Waals surface area contributed by atoms with Crippen molar-refractivity contribution in [1.82, 2.24) is 14.5 Å². The zero-order valence-corrected chi connectivity index (χ0v) is 19.3. The minimum atomic E-state index is -0.202. The molecular weight excluding hydrogens is 416 g/mol. The number of ether oxygens (including phenoxy) is 2. The fraction of sp³-hybridized carbons (Fsp3) is 0.409. The van der Waals surface area contributed by atoms with Crippen molar-refractivity contribution >= 4 is 34.4 Å². The standard InChI is InChI=1S/C22H28N4O4S/c1-13(2)8-9-26-21(28)20-16(10-14(3)23-20)25-22(26)31-12-19(27)24-15-6-7-17(29-4)18(11-15)30-5/h6-7,10-11,13,23H,8-9,12H2,1-5H3,(H,24,27). The Morgan fingerprint density at radius 2 is 1.97 bits per heavy atom. The van der Waals surface area contributed by atoms with Crippen LogP contribution in [0.25, 0.3) is 11.0 Å². The van der Waals surface area contributed by atoms with Gasteiger partial charge in [0, 0.05) is 24.0 Å². The zero-order chi connectivity index (χ0) is 22.5. The number of anilines is 1. The van der Waals surface area contributed by atoms with Crippen molar-refractivity contribution in [2.24, 2.45) is 5.92 Å². The van der Waals surface area contributed by atoms with E-state index in [1.807, 2.05) is 13.0 Å². The number of aromatic amines is 1. The summed E-state index contributed by atoms with van der Waals surface area (Å²) in [5.41, 5.74) is 2.49. The van der Waals surface area contributed by atoms with Gasteiger partial charge in [0.25, 0.3) is 5.56 Å². The van der Waals surface area contributed by atoms with Crippen LogP contribution in [-0.4, -0.2) is 40.4 Å². The largest absolute Gasteiger partial charge is 0.493 e. The number of thioether (sulfide) groups is 1. The Bertz CT molecular complexity index is 1140. The maximum atomic E-state index is 13.0. The minimum absolute atomic E-state index is 0.110. The Kier molecular flexibility index (Phi) is 7.27. The molecule has 0 bridgehead atoms. The van der Waals surface area contributed by atoms with Crippen LogP contribution >= 0.6 is 11.8 Å². The topological polar surface area (TPSA) is 98.2 Å². The Labute approximate surface area is 185 Å². The summed E-state index contributed by atoms with van der Waals surface area (Å²) >= 11 is 1.25. The number of benzene rings is 1. The lowest BCUT2D eigenvalue weighted by molar-refractivity contribution is -0.113. The Morgan fingerprint density at radius 1 is 1.23 bits per heavy atom. The molecule has 0 aliphatic heterocycles. The highest BCUT2D eigenvalue weighted by molar-refractivity contribution is 7.99. The second-order valence-electron chi connectivity index (χ2n) is 7.65. The third-order valence-corrected chi connectivity index (χ3v) is 5.74. The molecule has 0 aliphatic carbocycles. The van der Waals surface area contributed by atoms with Crippen molar-refractivity contribution in [3.8, 4) is 11.5 Å². The van der Waals surface area contributed by atoms with E-state index in [4.69, 9.17) is 9.47 Å². The van der Waals surface area contributed by atoms with E-state index in [9.17, 15) is 9.59 Å². The zero-order valence-electron chi connectivity index (χ0n) is 18.4. The molecule has 1 aromatic carbocycles. The number of fused-ring (bicyclic) bond motifs is 1. The van der Waals surface area contributed by atoms with E-state index < -0.39 is 0 Å². The molecule has 0 saturated heterocycles. The number of hydrogen-bond acceptors (Lipinski definition) is 6. The summed E-state index contributed by atoms with van der Waals surface area (Å²) in [6.45, 7) is 6.67. The molecule has 0 atom stereocenters. The quantitative estimate of drug-likeness (QED) is 0.385. The van der Waals surface area contributed by atoms with Crippen LogP contribution in [0.3, 0.4) is 0 Å². The van der Waals surface area contributed by atoms with E-state index in [0.717, 1.165) is 12.1 Å². The molecular formula is C22H28N4O4S. The molecule has 0 fully saturated rings. The van der Waals surface area contributed by atoms with Crippen LogP contribution in [0.2, 0.25) is 0 Å². The third-order valence-electron chi connectivity index (χ3n) is 4.77. The first-order chi connectivity index (χ1) is 14.8. The lowest BCUT2D eigenvalue weighted by Gasteiger charge is -2.13. The van der Waals surface area contributed by atoms with Crippen molar-refractivity contribution in [3.05, 3.63) is 40.3 Å². The number of hydrogen-bond donors (Lipinski definition) is 2. The van der Waals surface area contributed by atoms with Gasteiger partial charge in [-0.1, -0.05) is 25.6 Å². The van der Waals surface area contributed by atoms with Gasteiger partial charge in [0.15, 0.2) is 16.7 Å². The second kappa shape index (κ2) is 9.91. The second-order valence-corrected chi connectivity index (χ2v) is 8.60. The lowest BCUT2D eigenvalue weighted by Crippen LogP contribution is -2.25. The number of aryl methyl sites for hydroxylation is 1. The fourth-order valence-corrected chi connectivity index (χ4v) is 3.97. The van der Waals surface area contributed by atoms with E-state index in [-0.39, 0.29) is 17.2 Å². The van der Waals surface area contributed by atoms with Gasteiger partial charge in [-0.15, -0.1) is 0 Å². The fourth-order valence-electron chi connectivity index (χ4n) is 3.15. The predicted molar refractivity (Wildman–Crippen MR) is 123 cm³/mol. The van der Waals surface area contributed by atoms with E-state index in [1.54, 1.807) is 37.0 Å². The van der Waals surface area contributed by atoms with Gasteiger partial charge < -0.3 is 19.8 Å². The lowest BCUT2D eigenvalue weighted by atomic mass is 10.1. The molecule has 8 nitrogen and oxygen atoms in total. The number of H-pyrrole nitrogens is 1. The molecule has 0 unspecified atom stereocenters. The first kappa shape index (κ1) is 22.7. The molecule has 2 heterocycles. The number of rotatable bonds is 9. The Morgan fingerprint density at radius 3 is 2.65 bits per heavy atom. The van der Waals surface area contributed by atoms with Gasteiger partial charge in [0.05, 0.1) is 25.5 Å². The normalized spacial score (nSPS) is 11.2. The van der Waals surface area contributed by atoms with Crippen molar-refractivity contribution in [2.75, 3.05) is 25.3 Å². The number of amides is 1. The van der Waals surface area contributed by atoms with Gasteiger partial charge in [-0.3, -0.25) is 14.2 Å². The van der Waals surface area contributed by atoms with Gasteiger partial charge in [-0.2, -0.15) is 0 Å². The molecule has 0 aliphatic rings. The molecule has 1 amide bonds. The van der Waals surface area contributed by atoms with Gasteiger partial charge in [-0.25, -0.2) is 4.98 Å². The molecule has 3 rings (SSSR count). The number of carbonyl (C=O) groups excluding carboxylic acids is 1. The van der Waals surface area contributed by atoms with Gasteiger partial charge in [0.1, 0.15) is 5.52 Å². The van der Waals surface area contributed by atoms with Gasteiger partial charge >= 0.3 is 0 Å². The summed E-state index contributed by atoms with van der Waals surface area (Å²) in [5.74, 6) is 1.48. The van der Waals surface area contributed by atoms with Crippen LogP contribution in [0.1, 0.15) is 26.0 Å². The summed E-state index contributed by atoms with van der Waals surface area (Å²) < 4.78 is 12.1.